The first-order chi connectivity index (χ1) is 9.52. The number of aromatic nitrogens is 1. The number of hydrogen-bond acceptors (Lipinski definition) is 2. The van der Waals surface area contributed by atoms with E-state index in [1.54, 1.807) is 6.07 Å². The van der Waals surface area contributed by atoms with Crippen molar-refractivity contribution in [1.29, 1.82) is 0 Å². The second-order valence-electron chi connectivity index (χ2n) is 5.22. The second kappa shape index (κ2) is 6.43. The van der Waals surface area contributed by atoms with Crippen LogP contribution in [0.1, 0.15) is 49.1 Å². The van der Waals surface area contributed by atoms with Gasteiger partial charge in [0.15, 0.2) is 0 Å². The Bertz CT molecular complexity index is 509. The summed E-state index contributed by atoms with van der Waals surface area (Å²) in [6, 6.07) is 2.19. The lowest BCUT2D eigenvalue weighted by atomic mass is 10.0. The molecule has 1 aliphatic carbocycles. The Morgan fingerprint density at radius 2 is 2.25 bits per heavy atom. The van der Waals surface area contributed by atoms with Gasteiger partial charge in [0.2, 0.25) is 0 Å². The zero-order valence-electron chi connectivity index (χ0n) is 11.4. The molecular weight excluding hydrogens is 324 g/mol. The zero-order valence-corrected chi connectivity index (χ0v) is 13.0. The summed E-state index contributed by atoms with van der Waals surface area (Å²) in [4.78, 5) is 23.3. The van der Waals surface area contributed by atoms with Gasteiger partial charge in [0.05, 0.1) is 5.92 Å². The number of carboxylic acids is 1. The third kappa shape index (κ3) is 3.62. The maximum atomic E-state index is 12.2. The number of rotatable bonds is 7. The lowest BCUT2D eigenvalue weighted by molar-refractivity contribution is -0.141. The quantitative estimate of drug-likeness (QED) is 0.800. The van der Waals surface area contributed by atoms with Gasteiger partial charge in [-0.1, -0.05) is 13.3 Å². The molecule has 20 heavy (non-hydrogen) atoms. The first-order valence-corrected chi connectivity index (χ1v) is 7.70. The number of nitrogens with zero attached hydrogens (tertiary/aromatic N) is 1. The summed E-state index contributed by atoms with van der Waals surface area (Å²) in [5.74, 6) is -1.58. The van der Waals surface area contributed by atoms with Gasteiger partial charge in [0, 0.05) is 23.3 Å². The van der Waals surface area contributed by atoms with Crippen molar-refractivity contribution in [2.45, 2.75) is 38.6 Å². The Hall–Kier alpha value is -1.30. The van der Waals surface area contributed by atoms with Gasteiger partial charge in [0.1, 0.15) is 5.69 Å². The molecule has 1 aromatic heterocycles. The van der Waals surface area contributed by atoms with Crippen LogP contribution in [0.15, 0.2) is 16.7 Å². The Morgan fingerprint density at radius 3 is 2.80 bits per heavy atom. The van der Waals surface area contributed by atoms with Crippen LogP contribution >= 0.6 is 15.9 Å². The van der Waals surface area contributed by atoms with Gasteiger partial charge in [-0.3, -0.25) is 9.59 Å². The molecule has 2 N–H and O–H groups in total. The normalized spacial score (nSPS) is 15.9. The van der Waals surface area contributed by atoms with Gasteiger partial charge < -0.3 is 15.0 Å². The topological polar surface area (TPSA) is 71.3 Å². The van der Waals surface area contributed by atoms with E-state index in [0.717, 1.165) is 23.7 Å². The molecule has 0 saturated heterocycles. The number of carboxylic acid groups (broad SMARTS) is 1. The van der Waals surface area contributed by atoms with Crippen LogP contribution in [0, 0.1) is 5.92 Å². The number of carbonyl (C=O) groups is 2. The Kier molecular flexibility index (Phi) is 4.86. The highest BCUT2D eigenvalue weighted by atomic mass is 79.9. The highest BCUT2D eigenvalue weighted by molar-refractivity contribution is 9.10. The van der Waals surface area contributed by atoms with E-state index < -0.39 is 11.9 Å². The highest BCUT2D eigenvalue weighted by Crippen LogP contribution is 2.37. The minimum Gasteiger partial charge on any atom is -0.481 e. The lowest BCUT2D eigenvalue weighted by Gasteiger charge is -2.13. The molecule has 5 nitrogen and oxygen atoms in total. The third-order valence-corrected chi connectivity index (χ3v) is 3.92. The molecule has 1 amide bonds. The molecule has 0 spiro atoms. The number of carbonyl (C=O) groups excluding carboxylic acids is 1. The molecule has 1 atom stereocenters. The lowest BCUT2D eigenvalue weighted by Crippen LogP contribution is -2.33. The van der Waals surface area contributed by atoms with Crippen molar-refractivity contribution < 1.29 is 14.7 Å². The summed E-state index contributed by atoms with van der Waals surface area (Å²) in [6.45, 7) is 2.11. The summed E-state index contributed by atoms with van der Waals surface area (Å²) in [5.41, 5.74) is 0.597. The van der Waals surface area contributed by atoms with E-state index in [1.165, 1.54) is 0 Å². The number of aliphatic carboxylic acids is 1. The van der Waals surface area contributed by atoms with E-state index in [0.29, 0.717) is 18.2 Å². The predicted molar refractivity (Wildman–Crippen MR) is 78.8 cm³/mol. The van der Waals surface area contributed by atoms with Crippen LogP contribution in [0.5, 0.6) is 0 Å². The Labute approximate surface area is 126 Å². The Balaban J connectivity index is 1.99. The van der Waals surface area contributed by atoms with Crippen molar-refractivity contribution >= 4 is 27.8 Å². The van der Waals surface area contributed by atoms with Crippen LogP contribution in [0.2, 0.25) is 0 Å². The van der Waals surface area contributed by atoms with Gasteiger partial charge in [-0.25, -0.2) is 0 Å². The van der Waals surface area contributed by atoms with Crippen LogP contribution in [-0.4, -0.2) is 28.1 Å². The maximum Gasteiger partial charge on any atom is 0.308 e. The van der Waals surface area contributed by atoms with Gasteiger partial charge in [-0.05, 0) is 41.3 Å². The molecular formula is C14H19BrN2O3. The summed E-state index contributed by atoms with van der Waals surface area (Å²) < 4.78 is 2.84. The summed E-state index contributed by atoms with van der Waals surface area (Å²) in [5, 5.41) is 11.8. The maximum absolute atomic E-state index is 12.2. The number of halogens is 1. The van der Waals surface area contributed by atoms with Gasteiger partial charge in [-0.2, -0.15) is 0 Å². The van der Waals surface area contributed by atoms with Crippen molar-refractivity contribution in [3.63, 3.8) is 0 Å². The van der Waals surface area contributed by atoms with E-state index >= 15 is 0 Å². The summed E-state index contributed by atoms with van der Waals surface area (Å²) >= 11 is 3.38. The minimum absolute atomic E-state index is 0.176. The molecule has 1 saturated carbocycles. The second-order valence-corrected chi connectivity index (χ2v) is 6.13. The average molecular weight is 343 g/mol. The van der Waals surface area contributed by atoms with Crippen LogP contribution in [-0.2, 0) is 4.79 Å². The molecule has 2 rings (SSSR count). The van der Waals surface area contributed by atoms with Crippen LogP contribution < -0.4 is 5.32 Å². The van der Waals surface area contributed by atoms with E-state index in [2.05, 4.69) is 21.2 Å². The fourth-order valence-electron chi connectivity index (χ4n) is 2.25. The average Bonchev–Trinajstić information content (AvgIpc) is 3.16. The van der Waals surface area contributed by atoms with E-state index in [9.17, 15) is 9.59 Å². The summed E-state index contributed by atoms with van der Waals surface area (Å²) in [7, 11) is 0. The summed E-state index contributed by atoms with van der Waals surface area (Å²) in [6.07, 6.45) is 5.46. The van der Waals surface area contributed by atoms with Crippen molar-refractivity contribution in [1.82, 2.24) is 9.88 Å². The van der Waals surface area contributed by atoms with Crippen molar-refractivity contribution in [3.05, 3.63) is 22.4 Å². The van der Waals surface area contributed by atoms with E-state index in [1.807, 2.05) is 17.7 Å². The monoisotopic (exact) mass is 342 g/mol. The minimum atomic E-state index is -0.856. The first-order valence-electron chi connectivity index (χ1n) is 6.91. The van der Waals surface area contributed by atoms with Crippen molar-refractivity contribution in [2.24, 2.45) is 5.92 Å². The van der Waals surface area contributed by atoms with Crippen LogP contribution in [0.3, 0.4) is 0 Å². The van der Waals surface area contributed by atoms with Crippen LogP contribution in [0.4, 0.5) is 0 Å². The SMILES string of the molecule is CCCC(CNC(=O)c1cc(Br)cn1C1CC1)C(=O)O. The molecule has 1 heterocycles. The molecule has 6 heteroatoms. The molecule has 0 radical (unpaired) electrons. The predicted octanol–water partition coefficient (Wildman–Crippen LogP) is 2.82. The molecule has 1 unspecified atom stereocenters. The number of nitrogens with one attached hydrogen (secondary N) is 1. The fraction of sp³-hybridized carbons (Fsp3) is 0.571. The molecule has 0 aliphatic heterocycles. The molecule has 1 aliphatic rings. The molecule has 110 valence electrons. The Morgan fingerprint density at radius 1 is 1.55 bits per heavy atom. The molecule has 1 fully saturated rings. The number of amides is 1. The first kappa shape index (κ1) is 15.1. The molecule has 0 aromatic carbocycles. The van der Waals surface area contributed by atoms with Gasteiger partial charge >= 0.3 is 5.97 Å². The zero-order chi connectivity index (χ0) is 14.7. The molecule has 1 aromatic rings. The molecule has 0 bridgehead atoms. The van der Waals surface area contributed by atoms with Gasteiger partial charge in [-0.15, -0.1) is 0 Å². The standard InChI is InChI=1S/C14H19BrN2O3/c1-2-3-9(14(19)20)7-16-13(18)12-6-10(15)8-17(12)11-4-5-11/h6,8-9,11H,2-5,7H2,1H3,(H,16,18)(H,19,20). The number of hydrogen-bond donors (Lipinski definition) is 2. The fourth-order valence-corrected chi connectivity index (χ4v) is 2.69. The highest BCUT2D eigenvalue weighted by Gasteiger charge is 2.28. The van der Waals surface area contributed by atoms with E-state index in [-0.39, 0.29) is 12.5 Å². The largest absolute Gasteiger partial charge is 0.481 e. The smallest absolute Gasteiger partial charge is 0.308 e. The van der Waals surface area contributed by atoms with Gasteiger partial charge in [0.25, 0.3) is 5.91 Å². The van der Waals surface area contributed by atoms with E-state index in [4.69, 9.17) is 5.11 Å². The third-order valence-electron chi connectivity index (χ3n) is 3.48. The van der Waals surface area contributed by atoms with Crippen molar-refractivity contribution in [3.8, 4) is 0 Å². The van der Waals surface area contributed by atoms with Crippen LogP contribution in [0.25, 0.3) is 0 Å². The van der Waals surface area contributed by atoms with Crippen molar-refractivity contribution in [2.75, 3.05) is 6.54 Å².